The van der Waals surface area contributed by atoms with Crippen LogP contribution in [0.15, 0.2) is 48.5 Å². The predicted molar refractivity (Wildman–Crippen MR) is 94.8 cm³/mol. The monoisotopic (exact) mass is 347 g/mol. The summed E-state index contributed by atoms with van der Waals surface area (Å²) >= 11 is 0. The van der Waals surface area contributed by atoms with Gasteiger partial charge in [0.2, 0.25) is 0 Å². The number of methoxy groups -OCH3 is 1. The molecule has 0 saturated carbocycles. The summed E-state index contributed by atoms with van der Waals surface area (Å²) in [6, 6.07) is 13.3. The summed E-state index contributed by atoms with van der Waals surface area (Å²) in [4.78, 5) is 13.0. The van der Waals surface area contributed by atoms with Gasteiger partial charge in [0, 0.05) is 12.1 Å². The van der Waals surface area contributed by atoms with Gasteiger partial charge in [0.15, 0.2) is 6.54 Å². The lowest BCUT2D eigenvalue weighted by Gasteiger charge is -2.14. The van der Waals surface area contributed by atoms with E-state index in [1.54, 1.807) is 19.2 Å². The molecule has 134 valence electrons. The van der Waals surface area contributed by atoms with Crippen LogP contribution in [0.2, 0.25) is 0 Å². The molecular formula is C19H24FN2O3+. The van der Waals surface area contributed by atoms with Crippen molar-refractivity contribution < 1.29 is 23.6 Å². The number of nitrogens with one attached hydrogen (secondary N) is 2. The third-order valence-corrected chi connectivity index (χ3v) is 3.65. The number of quaternary nitrogens is 1. The van der Waals surface area contributed by atoms with E-state index in [0.29, 0.717) is 18.8 Å². The van der Waals surface area contributed by atoms with E-state index < -0.39 is 0 Å². The van der Waals surface area contributed by atoms with Gasteiger partial charge in [-0.1, -0.05) is 6.07 Å². The molecule has 2 aromatic carbocycles. The van der Waals surface area contributed by atoms with Gasteiger partial charge in [-0.05, 0) is 42.5 Å². The average molecular weight is 347 g/mol. The summed E-state index contributed by atoms with van der Waals surface area (Å²) in [7, 11) is 3.57. The van der Waals surface area contributed by atoms with Crippen LogP contribution in [0.5, 0.6) is 11.5 Å². The molecule has 1 atom stereocenters. The minimum atomic E-state index is -0.366. The highest BCUT2D eigenvalue weighted by molar-refractivity contribution is 5.91. The van der Waals surface area contributed by atoms with E-state index in [1.165, 1.54) is 12.1 Å². The van der Waals surface area contributed by atoms with Gasteiger partial charge in [0.05, 0.1) is 27.3 Å². The topological polar surface area (TPSA) is 52.0 Å². The fourth-order valence-electron chi connectivity index (χ4n) is 2.37. The lowest BCUT2D eigenvalue weighted by Crippen LogP contribution is -3.10. The van der Waals surface area contributed by atoms with Gasteiger partial charge in [-0.25, -0.2) is 4.39 Å². The van der Waals surface area contributed by atoms with Gasteiger partial charge in [-0.3, -0.25) is 4.79 Å². The quantitative estimate of drug-likeness (QED) is 0.680. The molecule has 25 heavy (non-hydrogen) atoms. The van der Waals surface area contributed by atoms with Gasteiger partial charge in [0.1, 0.15) is 17.3 Å². The summed E-state index contributed by atoms with van der Waals surface area (Å²) < 4.78 is 23.8. The van der Waals surface area contributed by atoms with E-state index in [0.717, 1.165) is 29.4 Å². The Labute approximate surface area is 147 Å². The Morgan fingerprint density at radius 1 is 1.16 bits per heavy atom. The second-order valence-corrected chi connectivity index (χ2v) is 5.82. The fraction of sp³-hybridized carbons (Fsp3) is 0.316. The molecule has 0 bridgehead atoms. The summed E-state index contributed by atoms with van der Waals surface area (Å²) in [6.45, 7) is 1.70. The highest BCUT2D eigenvalue weighted by Crippen LogP contribution is 2.16. The average Bonchev–Trinajstić information content (AvgIpc) is 2.59. The highest BCUT2D eigenvalue weighted by atomic mass is 19.1. The van der Waals surface area contributed by atoms with E-state index in [1.807, 2.05) is 31.3 Å². The third kappa shape index (κ3) is 6.81. The number of carbonyl (C=O) groups excluding carboxylic acids is 1. The maximum absolute atomic E-state index is 13.1. The molecule has 1 amide bonds. The molecule has 0 radical (unpaired) electrons. The van der Waals surface area contributed by atoms with Gasteiger partial charge in [-0.2, -0.15) is 0 Å². The molecule has 0 heterocycles. The maximum atomic E-state index is 13.1. The number of anilines is 1. The molecule has 0 aromatic heterocycles. The van der Waals surface area contributed by atoms with Crippen LogP contribution in [0.3, 0.4) is 0 Å². The molecule has 1 unspecified atom stereocenters. The number of benzene rings is 2. The molecule has 2 N–H and O–H groups in total. The zero-order chi connectivity index (χ0) is 18.1. The van der Waals surface area contributed by atoms with Crippen molar-refractivity contribution in [2.75, 3.05) is 39.2 Å². The van der Waals surface area contributed by atoms with Crippen molar-refractivity contribution in [3.05, 3.63) is 54.3 Å². The molecule has 0 aliphatic carbocycles. The molecular weight excluding hydrogens is 323 g/mol. The number of ether oxygens (including phenoxy) is 2. The van der Waals surface area contributed by atoms with Crippen molar-refractivity contribution in [3.63, 3.8) is 0 Å². The van der Waals surface area contributed by atoms with E-state index in [4.69, 9.17) is 9.47 Å². The standard InChI is InChI=1S/C19H23FN2O3/c1-22(14-19(23)21-16-6-3-5-15(20)13-16)11-4-12-25-18-9-7-17(24-2)8-10-18/h3,5-10,13H,4,11-12,14H2,1-2H3,(H,21,23)/p+1. The van der Waals surface area contributed by atoms with Crippen LogP contribution in [0.25, 0.3) is 0 Å². The predicted octanol–water partition coefficient (Wildman–Crippen LogP) is 1.76. The van der Waals surface area contributed by atoms with Crippen LogP contribution in [0, 0.1) is 5.82 Å². The molecule has 0 saturated heterocycles. The largest absolute Gasteiger partial charge is 0.497 e. The first kappa shape index (κ1) is 18.7. The number of likely N-dealkylation sites (N-methyl/N-ethyl adjacent to an activating group) is 1. The Morgan fingerprint density at radius 3 is 2.56 bits per heavy atom. The molecule has 5 nitrogen and oxygen atoms in total. The second-order valence-electron chi connectivity index (χ2n) is 5.82. The molecule has 0 aliphatic rings. The molecule has 6 heteroatoms. The summed E-state index contributed by atoms with van der Waals surface area (Å²) in [6.07, 6.45) is 0.825. The zero-order valence-electron chi connectivity index (χ0n) is 14.5. The van der Waals surface area contributed by atoms with Crippen LogP contribution in [0.4, 0.5) is 10.1 Å². The van der Waals surface area contributed by atoms with Crippen LogP contribution in [-0.2, 0) is 4.79 Å². The van der Waals surface area contributed by atoms with Gasteiger partial charge in [0.25, 0.3) is 5.91 Å². The Morgan fingerprint density at radius 2 is 1.88 bits per heavy atom. The van der Waals surface area contributed by atoms with Gasteiger partial charge >= 0.3 is 0 Å². The van der Waals surface area contributed by atoms with Crippen LogP contribution >= 0.6 is 0 Å². The lowest BCUT2D eigenvalue weighted by atomic mass is 10.3. The minimum absolute atomic E-state index is 0.140. The number of hydrogen-bond acceptors (Lipinski definition) is 3. The first-order valence-corrected chi connectivity index (χ1v) is 8.20. The molecule has 0 fully saturated rings. The first-order valence-electron chi connectivity index (χ1n) is 8.20. The summed E-state index contributed by atoms with van der Waals surface area (Å²) in [5.74, 6) is 1.08. The Balaban J connectivity index is 1.64. The van der Waals surface area contributed by atoms with Crippen molar-refractivity contribution in [1.82, 2.24) is 0 Å². The third-order valence-electron chi connectivity index (χ3n) is 3.65. The highest BCUT2D eigenvalue weighted by Gasteiger charge is 2.10. The zero-order valence-corrected chi connectivity index (χ0v) is 14.5. The Hall–Kier alpha value is -2.60. The van der Waals surface area contributed by atoms with Crippen LogP contribution < -0.4 is 19.7 Å². The van der Waals surface area contributed by atoms with Gasteiger partial charge in [-0.15, -0.1) is 0 Å². The second kappa shape index (κ2) is 9.64. The number of rotatable bonds is 9. The lowest BCUT2D eigenvalue weighted by molar-refractivity contribution is -0.871. The van der Waals surface area contributed by atoms with Crippen molar-refractivity contribution in [2.24, 2.45) is 0 Å². The number of hydrogen-bond donors (Lipinski definition) is 2. The maximum Gasteiger partial charge on any atom is 0.279 e. The molecule has 2 aromatic rings. The summed E-state index contributed by atoms with van der Waals surface area (Å²) in [5, 5.41) is 2.70. The molecule has 0 spiro atoms. The summed E-state index contributed by atoms with van der Waals surface area (Å²) in [5.41, 5.74) is 0.473. The van der Waals surface area contributed by atoms with E-state index in [-0.39, 0.29) is 11.7 Å². The van der Waals surface area contributed by atoms with Crippen molar-refractivity contribution in [1.29, 1.82) is 0 Å². The fourth-order valence-corrected chi connectivity index (χ4v) is 2.37. The Bertz CT molecular complexity index is 677. The van der Waals surface area contributed by atoms with E-state index in [2.05, 4.69) is 5.32 Å². The van der Waals surface area contributed by atoms with Crippen LogP contribution in [0.1, 0.15) is 6.42 Å². The van der Waals surface area contributed by atoms with E-state index in [9.17, 15) is 9.18 Å². The van der Waals surface area contributed by atoms with Crippen molar-refractivity contribution in [2.45, 2.75) is 6.42 Å². The van der Waals surface area contributed by atoms with Crippen molar-refractivity contribution in [3.8, 4) is 11.5 Å². The van der Waals surface area contributed by atoms with Gasteiger partial charge < -0.3 is 19.7 Å². The normalized spacial score (nSPS) is 11.6. The number of carbonyl (C=O) groups is 1. The molecule has 0 aliphatic heterocycles. The van der Waals surface area contributed by atoms with Crippen molar-refractivity contribution >= 4 is 11.6 Å². The first-order chi connectivity index (χ1) is 12.1. The smallest absolute Gasteiger partial charge is 0.279 e. The van der Waals surface area contributed by atoms with E-state index >= 15 is 0 Å². The molecule has 2 rings (SSSR count). The number of amides is 1. The number of halogens is 1. The SMILES string of the molecule is COc1ccc(OCCC[NH+](C)CC(=O)Nc2cccc(F)c2)cc1. The minimum Gasteiger partial charge on any atom is -0.497 e. The van der Waals surface area contributed by atoms with Crippen LogP contribution in [-0.4, -0.2) is 39.8 Å². The Kier molecular flexibility index (Phi) is 7.22.